The van der Waals surface area contributed by atoms with Gasteiger partial charge in [-0.1, -0.05) is 71.1 Å². The third kappa shape index (κ3) is 13.9. The first-order valence-electron chi connectivity index (χ1n) is 9.66. The number of hydrogen-bond acceptors (Lipinski definition) is 4. The van der Waals surface area contributed by atoms with Crippen molar-refractivity contribution >= 4 is 0 Å². The summed E-state index contributed by atoms with van der Waals surface area (Å²) in [6, 6.07) is -0.243. The van der Waals surface area contributed by atoms with Crippen molar-refractivity contribution in [2.45, 2.75) is 89.7 Å². The lowest BCUT2D eigenvalue weighted by molar-refractivity contribution is -0.0228. The van der Waals surface area contributed by atoms with Crippen LogP contribution in [0.4, 0.5) is 0 Å². The fourth-order valence-electron chi connectivity index (χ4n) is 2.81. The Morgan fingerprint density at radius 1 is 0.826 bits per heavy atom. The normalized spacial score (nSPS) is 14.3. The maximum absolute atomic E-state index is 9.93. The van der Waals surface area contributed by atoms with Crippen LogP contribution in [0.2, 0.25) is 0 Å². The zero-order valence-corrected chi connectivity index (χ0v) is 15.8. The molecule has 0 aromatic rings. The van der Waals surface area contributed by atoms with E-state index in [1.807, 2.05) is 19.0 Å². The average Bonchev–Trinajstić information content (AvgIpc) is 2.52. The van der Waals surface area contributed by atoms with Crippen molar-refractivity contribution in [3.8, 4) is 0 Å². The molecule has 2 N–H and O–H groups in total. The Morgan fingerprint density at radius 2 is 1.30 bits per heavy atom. The Kier molecular flexibility index (Phi) is 16.6. The molecule has 0 aliphatic heterocycles. The minimum absolute atomic E-state index is 0.0457. The monoisotopic (exact) mass is 331 g/mol. The molecule has 0 saturated heterocycles. The van der Waals surface area contributed by atoms with Crippen LogP contribution in [0.3, 0.4) is 0 Å². The standard InChI is InChI=1S/C19H41NO3/c1-4-5-6-7-8-9-10-11-12-13-14-15-23-17-19(22)18(16-21)20(2)3/h18-19,21-22H,4-17H2,1-3H3. The summed E-state index contributed by atoms with van der Waals surface area (Å²) < 4.78 is 5.52. The van der Waals surface area contributed by atoms with Gasteiger partial charge in [0, 0.05) is 6.61 Å². The molecule has 4 nitrogen and oxygen atoms in total. The van der Waals surface area contributed by atoms with E-state index >= 15 is 0 Å². The molecule has 0 heterocycles. The summed E-state index contributed by atoms with van der Waals surface area (Å²) >= 11 is 0. The van der Waals surface area contributed by atoms with Crippen LogP contribution in [-0.4, -0.2) is 61.2 Å². The van der Waals surface area contributed by atoms with Crippen LogP contribution in [0.5, 0.6) is 0 Å². The molecule has 0 radical (unpaired) electrons. The SMILES string of the molecule is CCCCCCCCCCCCCOCC(O)C(CO)N(C)C. The summed E-state index contributed by atoms with van der Waals surface area (Å²) in [7, 11) is 3.71. The highest BCUT2D eigenvalue weighted by atomic mass is 16.5. The largest absolute Gasteiger partial charge is 0.395 e. The van der Waals surface area contributed by atoms with E-state index in [4.69, 9.17) is 4.74 Å². The van der Waals surface area contributed by atoms with E-state index < -0.39 is 6.10 Å². The van der Waals surface area contributed by atoms with Crippen molar-refractivity contribution in [1.82, 2.24) is 4.90 Å². The van der Waals surface area contributed by atoms with Crippen molar-refractivity contribution < 1.29 is 14.9 Å². The van der Waals surface area contributed by atoms with Crippen LogP contribution in [-0.2, 0) is 4.74 Å². The molecule has 0 bridgehead atoms. The molecule has 140 valence electrons. The predicted octanol–water partition coefficient (Wildman–Crippen LogP) is 3.60. The first kappa shape index (κ1) is 22.8. The van der Waals surface area contributed by atoms with E-state index in [2.05, 4.69) is 6.92 Å². The quantitative estimate of drug-likeness (QED) is 0.400. The summed E-state index contributed by atoms with van der Waals surface area (Å²) in [6.45, 7) is 3.23. The molecule has 0 amide bonds. The van der Waals surface area contributed by atoms with Gasteiger partial charge in [0.25, 0.3) is 0 Å². The Labute approximate surface area is 144 Å². The van der Waals surface area contributed by atoms with E-state index in [1.165, 1.54) is 64.2 Å². The van der Waals surface area contributed by atoms with Gasteiger partial charge in [-0.3, -0.25) is 0 Å². The molecule has 2 unspecified atom stereocenters. The zero-order valence-electron chi connectivity index (χ0n) is 15.8. The van der Waals surface area contributed by atoms with E-state index in [0.29, 0.717) is 13.2 Å². The van der Waals surface area contributed by atoms with Crippen molar-refractivity contribution in [1.29, 1.82) is 0 Å². The maximum atomic E-state index is 9.93. The van der Waals surface area contributed by atoms with Crippen LogP contribution >= 0.6 is 0 Å². The lowest BCUT2D eigenvalue weighted by atomic mass is 10.1. The van der Waals surface area contributed by atoms with Gasteiger partial charge in [0.05, 0.1) is 25.4 Å². The number of aliphatic hydroxyl groups excluding tert-OH is 2. The van der Waals surface area contributed by atoms with Crippen molar-refractivity contribution in [3.05, 3.63) is 0 Å². The van der Waals surface area contributed by atoms with Gasteiger partial charge < -0.3 is 19.8 Å². The molecule has 23 heavy (non-hydrogen) atoms. The number of likely N-dealkylation sites (N-methyl/N-ethyl adjacent to an activating group) is 1. The minimum atomic E-state index is -0.622. The molecule has 0 aliphatic carbocycles. The van der Waals surface area contributed by atoms with Gasteiger partial charge in [0.1, 0.15) is 0 Å². The Hall–Kier alpha value is -0.160. The van der Waals surface area contributed by atoms with Crippen LogP contribution in [0, 0.1) is 0 Å². The smallest absolute Gasteiger partial charge is 0.0950 e. The topological polar surface area (TPSA) is 52.9 Å². The van der Waals surface area contributed by atoms with Gasteiger partial charge >= 0.3 is 0 Å². The number of aliphatic hydroxyl groups is 2. The lowest BCUT2D eigenvalue weighted by Crippen LogP contribution is -2.44. The van der Waals surface area contributed by atoms with Gasteiger partial charge in [0.15, 0.2) is 0 Å². The second-order valence-electron chi connectivity index (χ2n) is 6.89. The van der Waals surface area contributed by atoms with E-state index in [-0.39, 0.29) is 12.6 Å². The van der Waals surface area contributed by atoms with Crippen molar-refractivity contribution in [2.75, 3.05) is 33.9 Å². The molecule has 0 saturated carbocycles. The van der Waals surface area contributed by atoms with Crippen molar-refractivity contribution in [2.24, 2.45) is 0 Å². The molecule has 0 rings (SSSR count). The van der Waals surface area contributed by atoms with Gasteiger partial charge in [-0.25, -0.2) is 0 Å². The molecule has 0 spiro atoms. The number of nitrogens with zero attached hydrogens (tertiary/aromatic N) is 1. The van der Waals surface area contributed by atoms with E-state index in [1.54, 1.807) is 0 Å². The van der Waals surface area contributed by atoms with Gasteiger partial charge in [-0.05, 0) is 20.5 Å². The van der Waals surface area contributed by atoms with Gasteiger partial charge in [-0.2, -0.15) is 0 Å². The van der Waals surface area contributed by atoms with E-state index in [0.717, 1.165) is 6.42 Å². The molecule has 4 heteroatoms. The Morgan fingerprint density at radius 3 is 1.74 bits per heavy atom. The summed E-state index contributed by atoms with van der Waals surface area (Å²) in [6.07, 6.45) is 14.0. The number of hydrogen-bond donors (Lipinski definition) is 2. The summed E-state index contributed by atoms with van der Waals surface area (Å²) in [5.41, 5.74) is 0. The molecule has 0 aromatic carbocycles. The first-order chi connectivity index (χ1) is 11.1. The van der Waals surface area contributed by atoms with E-state index in [9.17, 15) is 10.2 Å². The number of ether oxygens (including phenoxy) is 1. The van der Waals surface area contributed by atoms with Crippen LogP contribution in [0.25, 0.3) is 0 Å². The molecule has 0 aliphatic rings. The summed E-state index contributed by atoms with van der Waals surface area (Å²) in [5, 5.41) is 19.1. The fraction of sp³-hybridized carbons (Fsp3) is 1.00. The molecular formula is C19H41NO3. The summed E-state index contributed by atoms with van der Waals surface area (Å²) in [4.78, 5) is 1.83. The molecular weight excluding hydrogens is 290 g/mol. The van der Waals surface area contributed by atoms with Crippen LogP contribution in [0.1, 0.15) is 77.6 Å². The van der Waals surface area contributed by atoms with Crippen LogP contribution < -0.4 is 0 Å². The number of rotatable bonds is 17. The maximum Gasteiger partial charge on any atom is 0.0950 e. The second kappa shape index (κ2) is 16.7. The zero-order chi connectivity index (χ0) is 17.3. The molecule has 0 aromatic heterocycles. The molecule has 2 atom stereocenters. The van der Waals surface area contributed by atoms with Gasteiger partial charge in [0.2, 0.25) is 0 Å². The highest BCUT2D eigenvalue weighted by molar-refractivity contribution is 4.74. The Balaban J connectivity index is 3.27. The van der Waals surface area contributed by atoms with Crippen LogP contribution in [0.15, 0.2) is 0 Å². The summed E-state index contributed by atoms with van der Waals surface area (Å²) in [5.74, 6) is 0. The average molecular weight is 332 g/mol. The highest BCUT2D eigenvalue weighted by Gasteiger charge is 2.20. The first-order valence-corrected chi connectivity index (χ1v) is 9.66. The highest BCUT2D eigenvalue weighted by Crippen LogP contribution is 2.11. The van der Waals surface area contributed by atoms with Crippen molar-refractivity contribution in [3.63, 3.8) is 0 Å². The second-order valence-corrected chi connectivity index (χ2v) is 6.89. The Bertz CT molecular complexity index is 237. The number of unbranched alkanes of at least 4 members (excludes halogenated alkanes) is 10. The molecule has 0 fully saturated rings. The fourth-order valence-corrected chi connectivity index (χ4v) is 2.81. The third-order valence-corrected chi connectivity index (χ3v) is 4.48. The third-order valence-electron chi connectivity index (χ3n) is 4.48. The lowest BCUT2D eigenvalue weighted by Gasteiger charge is -2.26. The van der Waals surface area contributed by atoms with Gasteiger partial charge in [-0.15, -0.1) is 0 Å². The predicted molar refractivity (Wildman–Crippen MR) is 97.8 cm³/mol. The minimum Gasteiger partial charge on any atom is -0.395 e.